The molecule has 0 radical (unpaired) electrons. The molecular formula is C21H22N2O2. The molecule has 2 unspecified atom stereocenters. The van der Waals surface area contributed by atoms with E-state index in [0.717, 1.165) is 16.8 Å². The number of nitrogens with zero attached hydrogens (tertiary/aromatic N) is 1. The fourth-order valence-electron chi connectivity index (χ4n) is 3.34. The summed E-state index contributed by atoms with van der Waals surface area (Å²) in [5.41, 5.74) is 2.84. The molecule has 128 valence electrons. The molecule has 2 atom stereocenters. The Morgan fingerprint density at radius 1 is 1.08 bits per heavy atom. The average Bonchev–Trinajstić information content (AvgIpc) is 2.60. The summed E-state index contributed by atoms with van der Waals surface area (Å²) in [6, 6.07) is 17.5. The van der Waals surface area contributed by atoms with Crippen LogP contribution < -0.4 is 10.2 Å². The van der Waals surface area contributed by atoms with Crippen LogP contribution in [0.15, 0.2) is 60.7 Å². The highest BCUT2D eigenvalue weighted by molar-refractivity contribution is 6.05. The molecule has 25 heavy (non-hydrogen) atoms. The summed E-state index contributed by atoms with van der Waals surface area (Å²) in [6.45, 7) is 3.53. The number of amides is 2. The zero-order valence-corrected chi connectivity index (χ0v) is 14.5. The lowest BCUT2D eigenvalue weighted by Gasteiger charge is -2.39. The second-order valence-electron chi connectivity index (χ2n) is 6.35. The van der Waals surface area contributed by atoms with Gasteiger partial charge in [0.25, 0.3) is 5.91 Å². The molecular weight excluding hydrogens is 312 g/mol. The zero-order valence-electron chi connectivity index (χ0n) is 14.5. The lowest BCUT2D eigenvalue weighted by Crippen LogP contribution is -2.45. The third-order valence-corrected chi connectivity index (χ3v) is 4.42. The van der Waals surface area contributed by atoms with E-state index >= 15 is 0 Å². The largest absolute Gasteiger partial charge is 0.349 e. The topological polar surface area (TPSA) is 49.4 Å². The number of anilines is 1. The maximum atomic E-state index is 12.8. The molecule has 4 heteroatoms. The number of carbonyl (C=O) groups is 2. The Labute approximate surface area is 148 Å². The van der Waals surface area contributed by atoms with Crippen LogP contribution in [-0.2, 0) is 9.59 Å². The Hall–Kier alpha value is -2.88. The lowest BCUT2D eigenvalue weighted by molar-refractivity contribution is -0.119. The van der Waals surface area contributed by atoms with E-state index in [2.05, 4.69) is 5.32 Å². The van der Waals surface area contributed by atoms with Gasteiger partial charge in [0, 0.05) is 24.7 Å². The van der Waals surface area contributed by atoms with Crippen molar-refractivity contribution >= 4 is 23.6 Å². The lowest BCUT2D eigenvalue weighted by atomic mass is 9.91. The Balaban J connectivity index is 1.89. The van der Waals surface area contributed by atoms with Crippen molar-refractivity contribution in [2.24, 2.45) is 0 Å². The van der Waals surface area contributed by atoms with Crippen LogP contribution in [0.4, 0.5) is 5.69 Å². The summed E-state index contributed by atoms with van der Waals surface area (Å²) < 4.78 is 0. The van der Waals surface area contributed by atoms with Crippen LogP contribution in [-0.4, -0.2) is 17.9 Å². The Bertz CT molecular complexity index is 799. The van der Waals surface area contributed by atoms with Crippen molar-refractivity contribution in [1.82, 2.24) is 5.32 Å². The van der Waals surface area contributed by atoms with E-state index in [1.54, 1.807) is 6.08 Å². The molecule has 0 aromatic heterocycles. The molecule has 2 aromatic carbocycles. The minimum Gasteiger partial charge on any atom is -0.349 e. The quantitative estimate of drug-likeness (QED) is 0.870. The second kappa shape index (κ2) is 7.34. The first-order valence-electron chi connectivity index (χ1n) is 8.48. The SMILES string of the molecule is CC(=O)NC1CC(C)N(C(=O)/C=C/c2ccccc2)c2ccccc21. The molecule has 0 bridgehead atoms. The Morgan fingerprint density at radius 3 is 2.48 bits per heavy atom. The van der Waals surface area contributed by atoms with E-state index in [0.29, 0.717) is 6.42 Å². The van der Waals surface area contributed by atoms with Gasteiger partial charge in [0.15, 0.2) is 0 Å². The Morgan fingerprint density at radius 2 is 1.76 bits per heavy atom. The summed E-state index contributed by atoms with van der Waals surface area (Å²) >= 11 is 0. The van der Waals surface area contributed by atoms with Gasteiger partial charge in [-0.1, -0.05) is 48.5 Å². The first kappa shape index (κ1) is 17.0. The Kier molecular flexibility index (Phi) is 4.98. The van der Waals surface area contributed by atoms with E-state index in [-0.39, 0.29) is 23.9 Å². The highest BCUT2D eigenvalue weighted by Crippen LogP contribution is 2.37. The average molecular weight is 334 g/mol. The maximum absolute atomic E-state index is 12.8. The van der Waals surface area contributed by atoms with Crippen LogP contribution in [0, 0.1) is 0 Å². The number of nitrogens with one attached hydrogen (secondary N) is 1. The fraction of sp³-hybridized carbons (Fsp3) is 0.238. The molecule has 1 heterocycles. The molecule has 1 aliphatic rings. The van der Waals surface area contributed by atoms with Crippen molar-refractivity contribution in [3.8, 4) is 0 Å². The summed E-state index contributed by atoms with van der Waals surface area (Å²) in [7, 11) is 0. The number of carbonyl (C=O) groups excluding carboxylic acids is 2. The highest BCUT2D eigenvalue weighted by Gasteiger charge is 2.32. The zero-order chi connectivity index (χ0) is 17.8. The minimum absolute atomic E-state index is 0.000302. The van der Waals surface area contributed by atoms with Gasteiger partial charge in [-0.3, -0.25) is 9.59 Å². The molecule has 1 aliphatic heterocycles. The number of hydrogen-bond donors (Lipinski definition) is 1. The van der Waals surface area contributed by atoms with E-state index in [1.165, 1.54) is 6.92 Å². The van der Waals surface area contributed by atoms with Crippen LogP contribution in [0.3, 0.4) is 0 Å². The molecule has 3 rings (SSSR count). The molecule has 0 saturated carbocycles. The molecule has 0 saturated heterocycles. The van der Waals surface area contributed by atoms with Gasteiger partial charge in [-0.15, -0.1) is 0 Å². The molecule has 0 fully saturated rings. The summed E-state index contributed by atoms with van der Waals surface area (Å²) in [5, 5.41) is 2.99. The van der Waals surface area contributed by atoms with Gasteiger partial charge in [0.2, 0.25) is 5.91 Å². The molecule has 1 N–H and O–H groups in total. The summed E-state index contributed by atoms with van der Waals surface area (Å²) in [4.78, 5) is 26.1. The van der Waals surface area contributed by atoms with Crippen LogP contribution in [0.5, 0.6) is 0 Å². The number of rotatable bonds is 3. The molecule has 0 aliphatic carbocycles. The standard InChI is InChI=1S/C21H22N2O2/c1-15-14-19(22-16(2)24)18-10-6-7-11-20(18)23(15)21(25)13-12-17-8-4-3-5-9-17/h3-13,15,19H,14H2,1-2H3,(H,22,24)/b13-12+. The van der Waals surface area contributed by atoms with E-state index in [4.69, 9.17) is 0 Å². The first-order valence-corrected chi connectivity index (χ1v) is 8.48. The predicted octanol–water partition coefficient (Wildman–Crippen LogP) is 3.70. The van der Waals surface area contributed by atoms with Crippen molar-refractivity contribution in [3.63, 3.8) is 0 Å². The fourth-order valence-corrected chi connectivity index (χ4v) is 3.34. The van der Waals surface area contributed by atoms with Crippen molar-refractivity contribution in [1.29, 1.82) is 0 Å². The van der Waals surface area contributed by atoms with Crippen LogP contribution in [0.25, 0.3) is 6.08 Å². The van der Waals surface area contributed by atoms with Crippen molar-refractivity contribution in [2.45, 2.75) is 32.4 Å². The van der Waals surface area contributed by atoms with Crippen LogP contribution in [0.2, 0.25) is 0 Å². The van der Waals surface area contributed by atoms with Gasteiger partial charge >= 0.3 is 0 Å². The minimum atomic E-state index is -0.0640. The normalized spacial score (nSPS) is 19.5. The van der Waals surface area contributed by atoms with Gasteiger partial charge in [0.05, 0.1) is 6.04 Å². The van der Waals surface area contributed by atoms with E-state index in [9.17, 15) is 9.59 Å². The monoisotopic (exact) mass is 334 g/mol. The third kappa shape index (κ3) is 3.79. The van der Waals surface area contributed by atoms with Gasteiger partial charge in [-0.05, 0) is 36.6 Å². The summed E-state index contributed by atoms with van der Waals surface area (Å²) in [6.07, 6.45) is 4.14. The van der Waals surface area contributed by atoms with Crippen LogP contribution >= 0.6 is 0 Å². The highest BCUT2D eigenvalue weighted by atomic mass is 16.2. The van der Waals surface area contributed by atoms with Crippen molar-refractivity contribution < 1.29 is 9.59 Å². The van der Waals surface area contributed by atoms with Gasteiger partial charge in [-0.25, -0.2) is 0 Å². The number of benzene rings is 2. The first-order chi connectivity index (χ1) is 12.1. The van der Waals surface area contributed by atoms with E-state index < -0.39 is 0 Å². The van der Waals surface area contributed by atoms with Crippen molar-refractivity contribution in [3.05, 3.63) is 71.8 Å². The predicted molar refractivity (Wildman–Crippen MR) is 100 cm³/mol. The van der Waals surface area contributed by atoms with Crippen LogP contribution in [0.1, 0.15) is 37.4 Å². The molecule has 0 spiro atoms. The molecule has 4 nitrogen and oxygen atoms in total. The number of hydrogen-bond acceptors (Lipinski definition) is 2. The third-order valence-electron chi connectivity index (χ3n) is 4.42. The number of para-hydroxylation sites is 1. The smallest absolute Gasteiger partial charge is 0.251 e. The molecule has 2 amide bonds. The van der Waals surface area contributed by atoms with E-state index in [1.807, 2.05) is 72.5 Å². The second-order valence-corrected chi connectivity index (χ2v) is 6.35. The van der Waals surface area contributed by atoms with Gasteiger partial charge in [-0.2, -0.15) is 0 Å². The number of fused-ring (bicyclic) bond motifs is 1. The van der Waals surface area contributed by atoms with Crippen molar-refractivity contribution in [2.75, 3.05) is 4.90 Å². The van der Waals surface area contributed by atoms with Gasteiger partial charge in [0.1, 0.15) is 0 Å². The molecule has 2 aromatic rings. The van der Waals surface area contributed by atoms with Gasteiger partial charge < -0.3 is 10.2 Å². The summed E-state index contributed by atoms with van der Waals surface area (Å²) in [5.74, 6) is -0.110. The maximum Gasteiger partial charge on any atom is 0.251 e.